The fourth-order valence-electron chi connectivity index (χ4n) is 3.18. The molecular formula is C14H27NO. The molecule has 1 spiro atoms. The summed E-state index contributed by atoms with van der Waals surface area (Å²) in [6, 6.07) is 0. The largest absolute Gasteiger partial charge is 0.366 e. The molecule has 16 heavy (non-hydrogen) atoms. The van der Waals surface area contributed by atoms with Crippen LogP contribution in [0.4, 0.5) is 0 Å². The first kappa shape index (κ1) is 12.4. The highest BCUT2D eigenvalue weighted by atomic mass is 16.5. The van der Waals surface area contributed by atoms with Gasteiger partial charge < -0.3 is 10.1 Å². The van der Waals surface area contributed by atoms with Crippen LogP contribution in [0, 0.1) is 11.8 Å². The fraction of sp³-hybridized carbons (Fsp3) is 1.00. The van der Waals surface area contributed by atoms with E-state index in [2.05, 4.69) is 33.0 Å². The van der Waals surface area contributed by atoms with Crippen molar-refractivity contribution in [1.82, 2.24) is 5.32 Å². The molecule has 2 rings (SSSR count). The van der Waals surface area contributed by atoms with Crippen LogP contribution in [-0.2, 0) is 4.74 Å². The van der Waals surface area contributed by atoms with E-state index in [1.54, 1.807) is 0 Å². The van der Waals surface area contributed by atoms with Crippen LogP contribution in [0.1, 0.15) is 53.4 Å². The summed E-state index contributed by atoms with van der Waals surface area (Å²) in [5.74, 6) is 1.28. The zero-order valence-electron chi connectivity index (χ0n) is 11.3. The highest BCUT2D eigenvalue weighted by Gasteiger charge is 2.48. The molecule has 0 aromatic carbocycles. The minimum atomic E-state index is 0.0177. The molecular weight excluding hydrogens is 198 g/mol. The van der Waals surface area contributed by atoms with E-state index in [0.717, 1.165) is 13.1 Å². The molecule has 2 aliphatic rings. The molecule has 3 unspecified atom stereocenters. The summed E-state index contributed by atoms with van der Waals surface area (Å²) in [6.45, 7) is 11.2. The van der Waals surface area contributed by atoms with Gasteiger partial charge in [-0.15, -0.1) is 0 Å². The lowest BCUT2D eigenvalue weighted by Gasteiger charge is -2.53. The molecule has 1 N–H and O–H groups in total. The lowest BCUT2D eigenvalue weighted by molar-refractivity contribution is -0.219. The van der Waals surface area contributed by atoms with Crippen molar-refractivity contribution >= 4 is 0 Å². The monoisotopic (exact) mass is 225 g/mol. The predicted octanol–water partition coefficient (Wildman–Crippen LogP) is 2.97. The van der Waals surface area contributed by atoms with Gasteiger partial charge in [-0.2, -0.15) is 0 Å². The molecule has 1 aliphatic carbocycles. The van der Waals surface area contributed by atoms with Crippen molar-refractivity contribution in [2.45, 2.75) is 64.6 Å². The van der Waals surface area contributed by atoms with Gasteiger partial charge in [0, 0.05) is 13.1 Å². The number of nitrogens with one attached hydrogen (secondary N) is 1. The summed E-state index contributed by atoms with van der Waals surface area (Å²) < 4.78 is 6.61. The molecule has 94 valence electrons. The molecule has 1 heterocycles. The number of hydrogen-bond donors (Lipinski definition) is 1. The number of ether oxygens (including phenoxy) is 1. The van der Waals surface area contributed by atoms with Gasteiger partial charge in [-0.05, 0) is 31.6 Å². The average molecular weight is 225 g/mol. The maximum atomic E-state index is 6.61. The molecule has 0 aromatic heterocycles. The lowest BCUT2D eigenvalue weighted by Crippen LogP contribution is -2.64. The highest BCUT2D eigenvalue weighted by Crippen LogP contribution is 2.42. The molecule has 0 aromatic rings. The summed E-state index contributed by atoms with van der Waals surface area (Å²) in [7, 11) is 0. The Labute approximate surface area is 100 Å². The van der Waals surface area contributed by atoms with Crippen LogP contribution in [0.5, 0.6) is 0 Å². The zero-order chi connectivity index (χ0) is 11.8. The molecule has 0 bridgehead atoms. The van der Waals surface area contributed by atoms with Crippen LogP contribution in [0.15, 0.2) is 0 Å². The third kappa shape index (κ3) is 2.02. The fourth-order valence-corrected chi connectivity index (χ4v) is 3.18. The third-order valence-corrected chi connectivity index (χ3v) is 4.94. The maximum absolute atomic E-state index is 6.61. The molecule has 0 radical (unpaired) electrons. The summed E-state index contributed by atoms with van der Waals surface area (Å²) in [4.78, 5) is 0. The normalized spacial score (nSPS) is 45.2. The Morgan fingerprint density at radius 1 is 1.25 bits per heavy atom. The van der Waals surface area contributed by atoms with E-state index in [1.807, 2.05) is 0 Å². The van der Waals surface area contributed by atoms with Gasteiger partial charge in [-0.3, -0.25) is 0 Å². The van der Waals surface area contributed by atoms with Gasteiger partial charge in [0.05, 0.1) is 11.2 Å². The van der Waals surface area contributed by atoms with Crippen molar-refractivity contribution in [2.75, 3.05) is 13.1 Å². The van der Waals surface area contributed by atoms with Crippen molar-refractivity contribution in [3.63, 3.8) is 0 Å². The second-order valence-electron chi connectivity index (χ2n) is 6.38. The van der Waals surface area contributed by atoms with Gasteiger partial charge in [-0.1, -0.05) is 33.6 Å². The molecule has 1 saturated carbocycles. The van der Waals surface area contributed by atoms with Gasteiger partial charge in [0.1, 0.15) is 0 Å². The van der Waals surface area contributed by atoms with E-state index in [1.165, 1.54) is 25.7 Å². The maximum Gasteiger partial charge on any atom is 0.0839 e. The van der Waals surface area contributed by atoms with Crippen LogP contribution in [0.3, 0.4) is 0 Å². The second kappa shape index (κ2) is 4.30. The van der Waals surface area contributed by atoms with Crippen LogP contribution in [-0.4, -0.2) is 24.3 Å². The Hall–Kier alpha value is -0.0800. The first-order valence-corrected chi connectivity index (χ1v) is 6.89. The lowest BCUT2D eigenvalue weighted by atomic mass is 9.73. The number of morpholine rings is 1. The van der Waals surface area contributed by atoms with Crippen molar-refractivity contribution in [3.8, 4) is 0 Å². The molecule has 1 saturated heterocycles. The quantitative estimate of drug-likeness (QED) is 0.741. The van der Waals surface area contributed by atoms with E-state index in [9.17, 15) is 0 Å². The minimum absolute atomic E-state index is 0.0177. The Kier molecular flexibility index (Phi) is 3.33. The highest BCUT2D eigenvalue weighted by molar-refractivity contribution is 5.00. The molecule has 3 atom stereocenters. The van der Waals surface area contributed by atoms with Crippen LogP contribution < -0.4 is 5.32 Å². The Morgan fingerprint density at radius 3 is 2.62 bits per heavy atom. The second-order valence-corrected chi connectivity index (χ2v) is 6.38. The summed E-state index contributed by atoms with van der Waals surface area (Å²) in [5.41, 5.74) is 0.138. The Bertz CT molecular complexity index is 249. The Balaban J connectivity index is 2.16. The first-order valence-electron chi connectivity index (χ1n) is 6.89. The van der Waals surface area contributed by atoms with Gasteiger partial charge in [-0.25, -0.2) is 0 Å². The van der Waals surface area contributed by atoms with Crippen molar-refractivity contribution < 1.29 is 4.74 Å². The smallest absolute Gasteiger partial charge is 0.0839 e. The standard InChI is InChI=1S/C14H27NO/c1-11(2)13(4)9-15-10-14(16-13)8-6-5-7-12(14)3/h11-12,15H,5-10H2,1-4H3. The zero-order valence-corrected chi connectivity index (χ0v) is 11.3. The molecule has 1 aliphatic heterocycles. The summed E-state index contributed by atoms with van der Waals surface area (Å²) >= 11 is 0. The van der Waals surface area contributed by atoms with Gasteiger partial charge in [0.15, 0.2) is 0 Å². The van der Waals surface area contributed by atoms with Crippen LogP contribution >= 0.6 is 0 Å². The predicted molar refractivity (Wildman–Crippen MR) is 67.6 cm³/mol. The minimum Gasteiger partial charge on any atom is -0.366 e. The number of rotatable bonds is 1. The van der Waals surface area contributed by atoms with Crippen LogP contribution in [0.25, 0.3) is 0 Å². The van der Waals surface area contributed by atoms with E-state index < -0.39 is 0 Å². The van der Waals surface area contributed by atoms with Crippen molar-refractivity contribution in [2.24, 2.45) is 11.8 Å². The molecule has 2 fully saturated rings. The summed E-state index contributed by atoms with van der Waals surface area (Å²) in [5, 5.41) is 3.62. The van der Waals surface area contributed by atoms with E-state index in [4.69, 9.17) is 4.74 Å². The van der Waals surface area contributed by atoms with Gasteiger partial charge >= 0.3 is 0 Å². The first-order chi connectivity index (χ1) is 7.49. The number of hydrogen-bond acceptors (Lipinski definition) is 2. The average Bonchev–Trinajstić information content (AvgIpc) is 2.23. The van der Waals surface area contributed by atoms with E-state index in [-0.39, 0.29) is 11.2 Å². The van der Waals surface area contributed by atoms with Gasteiger partial charge in [0.2, 0.25) is 0 Å². The Morgan fingerprint density at radius 2 is 2.00 bits per heavy atom. The SMILES string of the molecule is CC(C)C1(C)CNCC2(CCCCC2C)O1. The molecule has 0 amide bonds. The van der Waals surface area contributed by atoms with Crippen molar-refractivity contribution in [1.29, 1.82) is 0 Å². The van der Waals surface area contributed by atoms with Crippen LogP contribution in [0.2, 0.25) is 0 Å². The van der Waals surface area contributed by atoms with Crippen molar-refractivity contribution in [3.05, 3.63) is 0 Å². The topological polar surface area (TPSA) is 21.3 Å². The summed E-state index contributed by atoms with van der Waals surface area (Å²) in [6.07, 6.45) is 5.28. The van der Waals surface area contributed by atoms with E-state index in [0.29, 0.717) is 11.8 Å². The van der Waals surface area contributed by atoms with E-state index >= 15 is 0 Å². The molecule has 2 nitrogen and oxygen atoms in total. The van der Waals surface area contributed by atoms with Gasteiger partial charge in [0.25, 0.3) is 0 Å². The molecule has 2 heteroatoms. The third-order valence-electron chi connectivity index (χ3n) is 4.94.